The number of nitrogens with two attached hydrogens (primary N) is 1. The molecule has 0 aliphatic rings. The molecule has 0 spiro atoms. The molecule has 1 aromatic rings. The molecule has 0 unspecified atom stereocenters. The monoisotopic (exact) mass is 274 g/mol. The van der Waals surface area contributed by atoms with E-state index >= 15 is 0 Å². The largest absolute Gasteiger partial charge is 0.508 e. The van der Waals surface area contributed by atoms with Crippen molar-refractivity contribution in [1.82, 2.24) is 0 Å². The first kappa shape index (κ1) is 14.1. The van der Waals surface area contributed by atoms with Crippen molar-refractivity contribution in [3.05, 3.63) is 18.2 Å². The molecule has 0 saturated carbocycles. The maximum atomic E-state index is 11.6. The first-order valence-corrected chi connectivity index (χ1v) is 6.65. The van der Waals surface area contributed by atoms with Gasteiger partial charge in [0.05, 0.1) is 30.7 Å². The zero-order valence-corrected chi connectivity index (χ0v) is 10.5. The minimum atomic E-state index is -3.69. The summed E-state index contributed by atoms with van der Waals surface area (Å²) in [4.78, 5) is 10.9. The number of hydrogen-bond donors (Lipinski definition) is 3. The van der Waals surface area contributed by atoms with Crippen LogP contribution in [0.25, 0.3) is 0 Å². The van der Waals surface area contributed by atoms with Crippen molar-refractivity contribution >= 4 is 27.4 Å². The van der Waals surface area contributed by atoms with E-state index in [0.717, 1.165) is 0 Å². The van der Waals surface area contributed by atoms with Crippen LogP contribution >= 0.6 is 0 Å². The van der Waals surface area contributed by atoms with Crippen molar-refractivity contribution in [3.63, 3.8) is 0 Å². The van der Waals surface area contributed by atoms with Gasteiger partial charge in [0.15, 0.2) is 0 Å². The van der Waals surface area contributed by atoms with E-state index in [0.29, 0.717) is 0 Å². The number of hydrogen-bond acceptors (Lipinski definition) is 6. The third kappa shape index (κ3) is 4.13. The van der Waals surface area contributed by atoms with E-state index in [1.165, 1.54) is 25.3 Å². The highest BCUT2D eigenvalue weighted by atomic mass is 32.2. The Morgan fingerprint density at radius 2 is 2.17 bits per heavy atom. The van der Waals surface area contributed by atoms with Crippen molar-refractivity contribution < 1.29 is 23.1 Å². The van der Waals surface area contributed by atoms with Gasteiger partial charge in [-0.05, 0) is 12.1 Å². The molecule has 0 amide bonds. The summed E-state index contributed by atoms with van der Waals surface area (Å²) in [7, 11) is -2.51. The second-order valence-corrected chi connectivity index (χ2v) is 5.36. The maximum absolute atomic E-state index is 11.6. The van der Waals surface area contributed by atoms with Crippen LogP contribution in [0.15, 0.2) is 18.2 Å². The van der Waals surface area contributed by atoms with Gasteiger partial charge >= 0.3 is 5.97 Å². The number of phenolic OH excluding ortho intramolecular Hbond substituents is 1. The molecule has 0 radical (unpaired) electrons. The summed E-state index contributed by atoms with van der Waals surface area (Å²) in [6.07, 6.45) is -0.246. The molecular formula is C10H14N2O5S. The van der Waals surface area contributed by atoms with Crippen LogP contribution in [0.2, 0.25) is 0 Å². The average molecular weight is 274 g/mol. The Bertz CT molecular complexity index is 541. The highest BCUT2D eigenvalue weighted by Crippen LogP contribution is 2.24. The third-order valence-corrected chi connectivity index (χ3v) is 3.38. The number of carbonyl (C=O) groups is 1. The van der Waals surface area contributed by atoms with Gasteiger partial charge < -0.3 is 15.6 Å². The number of nitrogen functional groups attached to an aromatic ring is 1. The van der Waals surface area contributed by atoms with E-state index in [1.54, 1.807) is 0 Å². The zero-order valence-electron chi connectivity index (χ0n) is 9.71. The van der Waals surface area contributed by atoms with Gasteiger partial charge in [-0.25, -0.2) is 8.42 Å². The van der Waals surface area contributed by atoms with Crippen LogP contribution in [0.4, 0.5) is 11.4 Å². The number of aromatic hydroxyl groups is 1. The van der Waals surface area contributed by atoms with E-state index in [4.69, 9.17) is 10.8 Å². The van der Waals surface area contributed by atoms with E-state index in [1.807, 2.05) is 0 Å². The van der Waals surface area contributed by atoms with Crippen LogP contribution in [0.1, 0.15) is 6.42 Å². The smallest absolute Gasteiger partial charge is 0.306 e. The van der Waals surface area contributed by atoms with Gasteiger partial charge in [-0.15, -0.1) is 0 Å². The number of anilines is 2. The van der Waals surface area contributed by atoms with Crippen LogP contribution in [-0.4, -0.2) is 32.4 Å². The Labute approximate surface area is 105 Å². The van der Waals surface area contributed by atoms with Crippen molar-refractivity contribution in [1.29, 1.82) is 0 Å². The summed E-state index contributed by atoms with van der Waals surface area (Å²) in [5, 5.41) is 9.13. The van der Waals surface area contributed by atoms with E-state index in [9.17, 15) is 13.2 Å². The number of nitrogens with one attached hydrogen (secondary N) is 1. The minimum Gasteiger partial charge on any atom is -0.508 e. The van der Waals surface area contributed by atoms with Gasteiger partial charge in [-0.1, -0.05) is 0 Å². The molecule has 100 valence electrons. The molecular weight excluding hydrogens is 260 g/mol. The molecule has 18 heavy (non-hydrogen) atoms. The lowest BCUT2D eigenvalue weighted by Gasteiger charge is -2.10. The Morgan fingerprint density at radius 3 is 2.72 bits per heavy atom. The summed E-state index contributed by atoms with van der Waals surface area (Å²) in [6.45, 7) is 0. The first-order valence-electron chi connectivity index (χ1n) is 5.00. The molecule has 0 aliphatic heterocycles. The summed E-state index contributed by atoms with van der Waals surface area (Å²) < 4.78 is 29.8. The number of ether oxygens (including phenoxy) is 1. The van der Waals surface area contributed by atoms with Crippen molar-refractivity contribution in [3.8, 4) is 5.75 Å². The average Bonchev–Trinajstić information content (AvgIpc) is 2.30. The predicted octanol–water partition coefficient (Wildman–Crippen LogP) is 0.279. The number of phenols is 1. The van der Waals surface area contributed by atoms with Crippen LogP contribution in [0.5, 0.6) is 5.75 Å². The summed E-state index contributed by atoms with van der Waals surface area (Å²) in [5.74, 6) is -1.08. The van der Waals surface area contributed by atoms with E-state index in [2.05, 4.69) is 9.46 Å². The fraction of sp³-hybridized carbons (Fsp3) is 0.300. The van der Waals surface area contributed by atoms with Crippen LogP contribution in [0, 0.1) is 0 Å². The maximum Gasteiger partial charge on any atom is 0.306 e. The fourth-order valence-electron chi connectivity index (χ4n) is 1.18. The van der Waals surface area contributed by atoms with Gasteiger partial charge in [0.1, 0.15) is 5.75 Å². The highest BCUT2D eigenvalue weighted by Gasteiger charge is 2.15. The molecule has 0 atom stereocenters. The lowest BCUT2D eigenvalue weighted by atomic mass is 10.2. The SMILES string of the molecule is COC(=O)CCS(=O)(=O)Nc1ccc(O)cc1N. The van der Waals surface area contributed by atoms with E-state index < -0.39 is 21.7 Å². The zero-order chi connectivity index (χ0) is 13.8. The molecule has 8 heteroatoms. The topological polar surface area (TPSA) is 119 Å². The number of benzene rings is 1. The number of carbonyl (C=O) groups excluding carboxylic acids is 1. The van der Waals surface area contributed by atoms with Gasteiger partial charge in [-0.3, -0.25) is 9.52 Å². The minimum absolute atomic E-state index is 0.0648. The second kappa shape index (κ2) is 5.58. The third-order valence-electron chi connectivity index (χ3n) is 2.10. The van der Waals surface area contributed by atoms with Gasteiger partial charge in [-0.2, -0.15) is 0 Å². The van der Waals surface area contributed by atoms with Crippen LogP contribution in [-0.2, 0) is 19.6 Å². The summed E-state index contributed by atoms with van der Waals surface area (Å²) >= 11 is 0. The van der Waals surface area contributed by atoms with Gasteiger partial charge in [0.2, 0.25) is 10.0 Å². The lowest BCUT2D eigenvalue weighted by Crippen LogP contribution is -2.20. The Morgan fingerprint density at radius 1 is 1.50 bits per heavy atom. The number of esters is 1. The van der Waals surface area contributed by atoms with Crippen molar-refractivity contribution in [2.24, 2.45) is 0 Å². The molecule has 7 nitrogen and oxygen atoms in total. The van der Waals surface area contributed by atoms with Crippen LogP contribution < -0.4 is 10.5 Å². The summed E-state index contributed by atoms with van der Waals surface area (Å²) in [5.41, 5.74) is 5.78. The molecule has 0 aliphatic carbocycles. The quantitative estimate of drug-likeness (QED) is 0.403. The van der Waals surface area contributed by atoms with Crippen molar-refractivity contribution in [2.45, 2.75) is 6.42 Å². The van der Waals surface area contributed by atoms with Gasteiger partial charge in [0, 0.05) is 6.07 Å². The predicted molar refractivity (Wildman–Crippen MR) is 66.6 cm³/mol. The Kier molecular flexibility index (Phi) is 4.38. The molecule has 0 fully saturated rings. The number of sulfonamides is 1. The standard InChI is InChI=1S/C10H14N2O5S/c1-17-10(14)4-5-18(15,16)12-9-3-2-7(13)6-8(9)11/h2-3,6,12-13H,4-5,11H2,1H3. The Hall–Kier alpha value is -1.96. The molecule has 0 aromatic heterocycles. The van der Waals surface area contributed by atoms with Crippen LogP contribution in [0.3, 0.4) is 0 Å². The molecule has 1 rings (SSSR count). The second-order valence-electron chi connectivity index (χ2n) is 3.52. The molecule has 1 aromatic carbocycles. The van der Waals surface area contributed by atoms with Crippen molar-refractivity contribution in [2.75, 3.05) is 23.3 Å². The first-order chi connectivity index (χ1) is 8.34. The molecule has 4 N–H and O–H groups in total. The molecule has 0 bridgehead atoms. The highest BCUT2D eigenvalue weighted by molar-refractivity contribution is 7.92. The molecule has 0 saturated heterocycles. The Balaban J connectivity index is 2.73. The number of methoxy groups -OCH3 is 1. The lowest BCUT2D eigenvalue weighted by molar-refractivity contribution is -0.140. The fourth-order valence-corrected chi connectivity index (χ4v) is 2.24. The number of rotatable bonds is 5. The summed E-state index contributed by atoms with van der Waals surface area (Å²) in [6, 6.07) is 3.85. The molecule has 0 heterocycles. The van der Waals surface area contributed by atoms with Gasteiger partial charge in [0.25, 0.3) is 0 Å². The normalized spacial score (nSPS) is 10.9. The van der Waals surface area contributed by atoms with E-state index in [-0.39, 0.29) is 23.5 Å².